The van der Waals surface area contributed by atoms with Crippen LogP contribution in [0.3, 0.4) is 0 Å². The van der Waals surface area contributed by atoms with Crippen molar-refractivity contribution in [3.63, 3.8) is 0 Å². The summed E-state index contributed by atoms with van der Waals surface area (Å²) in [5.74, 6) is -0.0868. The molecule has 110 valence electrons. The summed E-state index contributed by atoms with van der Waals surface area (Å²) in [6.45, 7) is 8.28. The summed E-state index contributed by atoms with van der Waals surface area (Å²) in [7, 11) is -3.70. The Labute approximate surface area is 119 Å². The van der Waals surface area contributed by atoms with Gasteiger partial charge in [-0.3, -0.25) is 4.79 Å². The summed E-state index contributed by atoms with van der Waals surface area (Å²) in [6.07, 6.45) is 0. The lowest BCUT2D eigenvalue weighted by Crippen LogP contribution is -2.18. The topological polar surface area (TPSA) is 89.3 Å². The maximum atomic E-state index is 12.2. The van der Waals surface area contributed by atoms with Gasteiger partial charge in [0.15, 0.2) is 0 Å². The number of carbonyl (C=O) groups is 1. The Balaban J connectivity index is 2.11. The number of primary sulfonamides is 1. The van der Waals surface area contributed by atoms with Crippen LogP contribution in [0, 0.1) is 16.7 Å². The fourth-order valence-corrected chi connectivity index (χ4v) is 3.31. The first-order valence-electron chi connectivity index (χ1n) is 6.41. The van der Waals surface area contributed by atoms with E-state index in [1.807, 2.05) is 0 Å². The maximum absolute atomic E-state index is 12.2. The van der Waals surface area contributed by atoms with Crippen LogP contribution >= 0.6 is 0 Å². The van der Waals surface area contributed by atoms with Crippen molar-refractivity contribution in [3.05, 3.63) is 24.3 Å². The van der Waals surface area contributed by atoms with Gasteiger partial charge in [0.2, 0.25) is 15.9 Å². The molecule has 5 nitrogen and oxygen atoms in total. The summed E-state index contributed by atoms with van der Waals surface area (Å²) >= 11 is 0. The van der Waals surface area contributed by atoms with Crippen LogP contribution in [0.4, 0.5) is 5.69 Å². The van der Waals surface area contributed by atoms with Gasteiger partial charge >= 0.3 is 0 Å². The molecule has 0 spiro atoms. The zero-order valence-electron chi connectivity index (χ0n) is 12.1. The second kappa shape index (κ2) is 4.30. The van der Waals surface area contributed by atoms with Gasteiger partial charge in [0.05, 0.1) is 4.90 Å². The van der Waals surface area contributed by atoms with E-state index in [1.165, 1.54) is 12.1 Å². The van der Waals surface area contributed by atoms with Gasteiger partial charge in [-0.25, -0.2) is 13.6 Å². The molecule has 1 aromatic rings. The van der Waals surface area contributed by atoms with Crippen LogP contribution in [-0.4, -0.2) is 14.3 Å². The number of nitrogens with two attached hydrogens (primary N) is 1. The molecule has 2 rings (SSSR count). The second-order valence-corrected chi connectivity index (χ2v) is 8.00. The molecule has 0 radical (unpaired) electrons. The number of hydrogen-bond donors (Lipinski definition) is 2. The van der Waals surface area contributed by atoms with Gasteiger partial charge in [0, 0.05) is 11.6 Å². The van der Waals surface area contributed by atoms with Crippen molar-refractivity contribution >= 4 is 21.6 Å². The Morgan fingerprint density at radius 2 is 1.55 bits per heavy atom. The van der Waals surface area contributed by atoms with Crippen molar-refractivity contribution in [3.8, 4) is 0 Å². The van der Waals surface area contributed by atoms with E-state index in [1.54, 1.807) is 12.1 Å². The molecule has 0 saturated heterocycles. The minimum atomic E-state index is -3.70. The third-order valence-corrected chi connectivity index (χ3v) is 5.66. The van der Waals surface area contributed by atoms with Crippen molar-refractivity contribution in [1.82, 2.24) is 0 Å². The molecular weight excluding hydrogens is 276 g/mol. The first-order valence-corrected chi connectivity index (χ1v) is 7.96. The van der Waals surface area contributed by atoms with Gasteiger partial charge in [-0.2, -0.15) is 0 Å². The molecule has 0 bridgehead atoms. The Hall–Kier alpha value is -1.40. The molecule has 1 fully saturated rings. The number of sulfonamides is 1. The van der Waals surface area contributed by atoms with Crippen LogP contribution < -0.4 is 10.5 Å². The van der Waals surface area contributed by atoms with Crippen molar-refractivity contribution in [2.24, 2.45) is 21.9 Å². The lowest BCUT2D eigenvalue weighted by molar-refractivity contribution is -0.118. The molecule has 1 aromatic carbocycles. The fourth-order valence-electron chi connectivity index (χ4n) is 2.79. The van der Waals surface area contributed by atoms with Gasteiger partial charge in [0.1, 0.15) is 0 Å². The molecule has 1 saturated carbocycles. The highest BCUT2D eigenvalue weighted by atomic mass is 32.2. The molecular formula is C14H20N2O3S. The van der Waals surface area contributed by atoms with Gasteiger partial charge in [-0.15, -0.1) is 0 Å². The number of amides is 1. The highest BCUT2D eigenvalue weighted by molar-refractivity contribution is 7.89. The van der Waals surface area contributed by atoms with Gasteiger partial charge in [-0.1, -0.05) is 27.7 Å². The van der Waals surface area contributed by atoms with Gasteiger partial charge < -0.3 is 5.32 Å². The maximum Gasteiger partial charge on any atom is 0.238 e. The van der Waals surface area contributed by atoms with E-state index in [2.05, 4.69) is 33.0 Å². The van der Waals surface area contributed by atoms with Crippen molar-refractivity contribution in [2.75, 3.05) is 5.32 Å². The van der Waals surface area contributed by atoms with E-state index >= 15 is 0 Å². The zero-order valence-corrected chi connectivity index (χ0v) is 12.9. The molecule has 1 amide bonds. The van der Waals surface area contributed by atoms with Crippen LogP contribution in [0.1, 0.15) is 27.7 Å². The van der Waals surface area contributed by atoms with E-state index in [0.717, 1.165) is 0 Å². The Morgan fingerprint density at radius 1 is 1.10 bits per heavy atom. The number of anilines is 1. The Morgan fingerprint density at radius 3 is 1.90 bits per heavy atom. The number of nitrogens with one attached hydrogen (secondary N) is 1. The van der Waals surface area contributed by atoms with Crippen LogP contribution in [0.25, 0.3) is 0 Å². The molecule has 3 N–H and O–H groups in total. The number of carbonyl (C=O) groups excluding carboxylic acids is 1. The normalized spacial score (nSPS) is 20.4. The van der Waals surface area contributed by atoms with Crippen LogP contribution in [0.5, 0.6) is 0 Å². The van der Waals surface area contributed by atoms with Crippen molar-refractivity contribution in [2.45, 2.75) is 32.6 Å². The van der Waals surface area contributed by atoms with Crippen LogP contribution in [0.15, 0.2) is 29.2 Å². The lowest BCUT2D eigenvalue weighted by Gasteiger charge is -2.07. The second-order valence-electron chi connectivity index (χ2n) is 6.44. The summed E-state index contributed by atoms with van der Waals surface area (Å²) in [6, 6.07) is 5.85. The van der Waals surface area contributed by atoms with Gasteiger partial charge in [-0.05, 0) is 35.1 Å². The summed E-state index contributed by atoms with van der Waals surface area (Å²) in [5.41, 5.74) is 0.510. The van der Waals surface area contributed by atoms with Crippen LogP contribution in [-0.2, 0) is 14.8 Å². The molecule has 0 heterocycles. The third-order valence-electron chi connectivity index (χ3n) is 4.73. The lowest BCUT2D eigenvalue weighted by atomic mass is 10.0. The highest BCUT2D eigenvalue weighted by Crippen LogP contribution is 2.68. The van der Waals surface area contributed by atoms with E-state index in [4.69, 9.17) is 5.14 Å². The molecule has 0 aliphatic heterocycles. The molecule has 1 aliphatic carbocycles. The standard InChI is InChI=1S/C14H20N2O3S/c1-13(2)11(14(13,3)4)12(17)16-9-5-7-10(8-6-9)20(15,18)19/h5-8,11H,1-4H3,(H,16,17)(H2,15,18,19). The molecule has 1 aliphatic rings. The average molecular weight is 296 g/mol. The molecule has 0 unspecified atom stereocenters. The quantitative estimate of drug-likeness (QED) is 0.893. The van der Waals surface area contributed by atoms with Crippen molar-refractivity contribution in [1.29, 1.82) is 0 Å². The smallest absolute Gasteiger partial charge is 0.238 e. The fraction of sp³-hybridized carbons (Fsp3) is 0.500. The zero-order chi connectivity index (χ0) is 15.3. The van der Waals surface area contributed by atoms with E-state index in [0.29, 0.717) is 5.69 Å². The number of rotatable bonds is 3. The number of hydrogen-bond acceptors (Lipinski definition) is 3. The first-order chi connectivity index (χ1) is 8.98. The monoisotopic (exact) mass is 296 g/mol. The summed E-state index contributed by atoms with van der Waals surface area (Å²) in [4.78, 5) is 12.3. The van der Waals surface area contributed by atoms with Crippen molar-refractivity contribution < 1.29 is 13.2 Å². The molecule has 0 atom stereocenters. The Bertz CT molecular complexity index is 632. The molecule has 6 heteroatoms. The number of benzene rings is 1. The summed E-state index contributed by atoms with van der Waals surface area (Å²) in [5, 5.41) is 7.84. The minimum Gasteiger partial charge on any atom is -0.326 e. The van der Waals surface area contributed by atoms with E-state index in [-0.39, 0.29) is 27.6 Å². The molecule has 20 heavy (non-hydrogen) atoms. The first kappa shape index (κ1) is 15.0. The van der Waals surface area contributed by atoms with Gasteiger partial charge in [0.25, 0.3) is 0 Å². The van der Waals surface area contributed by atoms with E-state index < -0.39 is 10.0 Å². The average Bonchev–Trinajstić information content (AvgIpc) is 2.68. The predicted molar refractivity (Wildman–Crippen MR) is 77.5 cm³/mol. The third kappa shape index (κ3) is 2.33. The highest BCUT2D eigenvalue weighted by Gasteiger charge is 2.68. The predicted octanol–water partition coefficient (Wildman–Crippen LogP) is 1.95. The SMILES string of the molecule is CC1(C)C(C(=O)Nc2ccc(S(N)(=O)=O)cc2)C1(C)C. The van der Waals surface area contributed by atoms with E-state index in [9.17, 15) is 13.2 Å². The van der Waals surface area contributed by atoms with Crippen LogP contribution in [0.2, 0.25) is 0 Å². The Kier molecular flexibility index (Phi) is 3.22. The largest absolute Gasteiger partial charge is 0.326 e. The minimum absolute atomic E-state index is 0.0301. The molecule has 0 aromatic heterocycles. The summed E-state index contributed by atoms with van der Waals surface area (Å²) < 4.78 is 22.3.